The Morgan fingerprint density at radius 3 is 2.41 bits per heavy atom. The molecule has 0 unspecified atom stereocenters. The normalized spacial score (nSPS) is 11.8. The predicted molar refractivity (Wildman–Crippen MR) is 117 cm³/mol. The molecule has 0 atom stereocenters. The van der Waals surface area contributed by atoms with Gasteiger partial charge in [-0.05, 0) is 49.7 Å². The average Bonchev–Trinajstić information content (AvgIpc) is 3.01. The highest BCUT2D eigenvalue weighted by molar-refractivity contribution is 9.10. The van der Waals surface area contributed by atoms with Gasteiger partial charge in [-0.15, -0.1) is 11.3 Å². The Labute approximate surface area is 180 Å². The smallest absolute Gasteiger partial charge is 0.279 e. The number of nitrogens with zero attached hydrogens (tertiary/aromatic N) is 2. The largest absolute Gasteiger partial charge is 0.316 e. The molecule has 0 N–H and O–H groups in total. The van der Waals surface area contributed by atoms with Crippen molar-refractivity contribution in [2.75, 3.05) is 0 Å². The lowest BCUT2D eigenvalue weighted by atomic mass is 10.1. The van der Waals surface area contributed by atoms with E-state index in [-0.39, 0.29) is 5.91 Å². The van der Waals surface area contributed by atoms with E-state index in [4.69, 9.17) is 23.2 Å². The molecule has 0 fully saturated rings. The lowest BCUT2D eigenvalue weighted by Gasteiger charge is -2.09. The van der Waals surface area contributed by atoms with Crippen LogP contribution in [0.4, 0.5) is 0 Å². The second-order valence-electron chi connectivity index (χ2n) is 5.81. The van der Waals surface area contributed by atoms with Gasteiger partial charge in [0.1, 0.15) is 0 Å². The zero-order valence-electron chi connectivity index (χ0n) is 14.8. The third kappa shape index (κ3) is 4.37. The molecule has 1 heterocycles. The molecule has 3 rings (SSSR count). The number of halogens is 3. The number of hydrogen-bond donors (Lipinski definition) is 0. The third-order valence-electron chi connectivity index (χ3n) is 4.10. The Morgan fingerprint density at radius 1 is 1.11 bits per heavy atom. The van der Waals surface area contributed by atoms with E-state index >= 15 is 0 Å². The van der Waals surface area contributed by atoms with Gasteiger partial charge in [0.15, 0.2) is 4.80 Å². The minimum absolute atomic E-state index is 0.255. The number of carbonyl (C=O) groups is 1. The molecular weight excluding hydrogens is 467 g/mol. The zero-order valence-corrected chi connectivity index (χ0v) is 18.7. The van der Waals surface area contributed by atoms with Gasteiger partial charge in [0.2, 0.25) is 0 Å². The first-order valence-electron chi connectivity index (χ1n) is 8.47. The number of aromatic nitrogens is 1. The minimum Gasteiger partial charge on any atom is -0.316 e. The number of carbonyl (C=O) groups excluding carboxylic acids is 1. The average molecular weight is 484 g/mol. The van der Waals surface area contributed by atoms with Gasteiger partial charge in [0.05, 0.1) is 15.7 Å². The first kappa shape index (κ1) is 20.3. The van der Waals surface area contributed by atoms with Gasteiger partial charge >= 0.3 is 0 Å². The summed E-state index contributed by atoms with van der Waals surface area (Å²) < 4.78 is 2.98. The fourth-order valence-corrected chi connectivity index (χ4v) is 4.49. The Bertz CT molecular complexity index is 1050. The van der Waals surface area contributed by atoms with E-state index in [0.717, 1.165) is 27.0 Å². The van der Waals surface area contributed by atoms with Crippen LogP contribution in [-0.2, 0) is 13.0 Å². The van der Waals surface area contributed by atoms with Gasteiger partial charge in [-0.2, -0.15) is 4.99 Å². The Hall–Kier alpha value is -1.40. The monoisotopic (exact) mass is 482 g/mol. The molecule has 2 aromatic carbocycles. The molecule has 0 aliphatic heterocycles. The summed E-state index contributed by atoms with van der Waals surface area (Å²) >= 11 is 17.2. The maximum Gasteiger partial charge on any atom is 0.279 e. The van der Waals surface area contributed by atoms with E-state index in [9.17, 15) is 4.79 Å². The van der Waals surface area contributed by atoms with Gasteiger partial charge in [-0.1, -0.05) is 52.1 Å². The van der Waals surface area contributed by atoms with Gasteiger partial charge in [-0.25, -0.2) is 0 Å². The van der Waals surface area contributed by atoms with E-state index in [0.29, 0.717) is 27.0 Å². The fourth-order valence-electron chi connectivity index (χ4n) is 2.78. The molecular formula is C20H17BrCl2N2OS. The maximum atomic E-state index is 12.6. The molecule has 0 aliphatic carbocycles. The van der Waals surface area contributed by atoms with Crippen LogP contribution in [0, 0.1) is 0 Å². The lowest BCUT2D eigenvalue weighted by molar-refractivity contribution is 0.0998. The third-order valence-corrected chi connectivity index (χ3v) is 6.59. The predicted octanol–water partition coefficient (Wildman–Crippen LogP) is 6.61. The highest BCUT2D eigenvalue weighted by Crippen LogP contribution is 2.32. The van der Waals surface area contributed by atoms with Crippen LogP contribution in [0.5, 0.6) is 0 Å². The summed E-state index contributed by atoms with van der Waals surface area (Å²) in [6.45, 7) is 4.82. The Kier molecular flexibility index (Phi) is 6.58. The highest BCUT2D eigenvalue weighted by atomic mass is 79.9. The van der Waals surface area contributed by atoms with Crippen LogP contribution in [0.1, 0.15) is 29.1 Å². The molecule has 7 heteroatoms. The molecule has 0 saturated heterocycles. The first-order valence-corrected chi connectivity index (χ1v) is 10.8. The van der Waals surface area contributed by atoms with Crippen LogP contribution in [0.3, 0.4) is 0 Å². The van der Waals surface area contributed by atoms with Crippen molar-refractivity contribution in [3.63, 3.8) is 0 Å². The van der Waals surface area contributed by atoms with Crippen LogP contribution in [0.2, 0.25) is 10.0 Å². The fraction of sp³-hybridized carbons (Fsp3) is 0.200. The molecule has 0 radical (unpaired) electrons. The van der Waals surface area contributed by atoms with Crippen molar-refractivity contribution in [3.05, 3.63) is 72.2 Å². The van der Waals surface area contributed by atoms with Gasteiger partial charge in [0.25, 0.3) is 5.91 Å². The van der Waals surface area contributed by atoms with Gasteiger partial charge < -0.3 is 4.57 Å². The summed E-state index contributed by atoms with van der Waals surface area (Å²) in [5.74, 6) is -0.255. The number of thiazole rings is 1. The Balaban J connectivity index is 2.14. The Morgan fingerprint density at radius 2 is 1.81 bits per heavy atom. The maximum absolute atomic E-state index is 12.6. The molecule has 1 amide bonds. The standard InChI is InChI=1S/C20H17BrCl2N2OS/c1-3-17-18(13-7-10-15(22)16(23)11-13)25(4-2)20(27-17)24-19(26)12-5-8-14(21)9-6-12/h5-11H,3-4H2,1-2H3. The van der Waals surface area contributed by atoms with Crippen molar-refractivity contribution in [3.8, 4) is 11.3 Å². The zero-order chi connectivity index (χ0) is 19.6. The minimum atomic E-state index is -0.255. The molecule has 3 aromatic rings. The van der Waals surface area contributed by atoms with E-state index in [1.807, 2.05) is 31.2 Å². The van der Waals surface area contributed by atoms with Gasteiger partial charge in [0, 0.05) is 27.0 Å². The molecule has 0 aliphatic rings. The summed E-state index contributed by atoms with van der Waals surface area (Å²) in [5, 5.41) is 1.03. The van der Waals surface area contributed by atoms with Crippen molar-refractivity contribution in [2.24, 2.45) is 4.99 Å². The van der Waals surface area contributed by atoms with Gasteiger partial charge in [-0.3, -0.25) is 4.79 Å². The summed E-state index contributed by atoms with van der Waals surface area (Å²) in [5.41, 5.74) is 2.56. The summed E-state index contributed by atoms with van der Waals surface area (Å²) in [4.78, 5) is 18.8. The summed E-state index contributed by atoms with van der Waals surface area (Å²) in [7, 11) is 0. The van der Waals surface area contributed by atoms with E-state index in [1.165, 1.54) is 11.3 Å². The molecule has 0 spiro atoms. The lowest BCUT2D eigenvalue weighted by Crippen LogP contribution is -2.17. The van der Waals surface area contributed by atoms with Crippen molar-refractivity contribution < 1.29 is 4.79 Å². The second kappa shape index (κ2) is 8.74. The highest BCUT2D eigenvalue weighted by Gasteiger charge is 2.16. The quantitative estimate of drug-likeness (QED) is 0.411. The summed E-state index contributed by atoms with van der Waals surface area (Å²) in [6.07, 6.45) is 0.836. The molecule has 0 bridgehead atoms. The van der Waals surface area contributed by atoms with Crippen molar-refractivity contribution >= 4 is 56.4 Å². The number of amides is 1. The molecule has 140 valence electrons. The van der Waals surface area contributed by atoms with Crippen LogP contribution in [0.15, 0.2) is 51.9 Å². The van der Waals surface area contributed by atoms with Crippen molar-refractivity contribution in [1.82, 2.24) is 4.57 Å². The van der Waals surface area contributed by atoms with Crippen molar-refractivity contribution in [1.29, 1.82) is 0 Å². The molecule has 1 aromatic heterocycles. The number of hydrogen-bond acceptors (Lipinski definition) is 2. The number of aryl methyl sites for hydroxylation is 1. The van der Waals surface area contributed by atoms with Crippen LogP contribution in [-0.4, -0.2) is 10.5 Å². The van der Waals surface area contributed by atoms with Crippen LogP contribution >= 0.6 is 50.5 Å². The van der Waals surface area contributed by atoms with E-state index < -0.39 is 0 Å². The number of benzene rings is 2. The van der Waals surface area contributed by atoms with Crippen LogP contribution in [0.25, 0.3) is 11.3 Å². The van der Waals surface area contributed by atoms with E-state index in [2.05, 4.69) is 32.4 Å². The van der Waals surface area contributed by atoms with Crippen molar-refractivity contribution in [2.45, 2.75) is 26.8 Å². The summed E-state index contributed by atoms with van der Waals surface area (Å²) in [6, 6.07) is 12.8. The van der Waals surface area contributed by atoms with E-state index in [1.54, 1.807) is 18.2 Å². The topological polar surface area (TPSA) is 34.4 Å². The van der Waals surface area contributed by atoms with Crippen LogP contribution < -0.4 is 4.80 Å². The SMILES string of the molecule is CCc1sc(=NC(=O)c2ccc(Br)cc2)n(CC)c1-c1ccc(Cl)c(Cl)c1. The second-order valence-corrected chi connectivity index (χ2v) is 8.60. The first-order chi connectivity index (χ1) is 12.9. The molecule has 27 heavy (non-hydrogen) atoms. The molecule has 0 saturated carbocycles. The number of rotatable bonds is 4. The molecule has 3 nitrogen and oxygen atoms in total.